The number of hydrogen-bond acceptors (Lipinski definition) is 7. The molecule has 3 aromatic carbocycles. The van der Waals surface area contributed by atoms with Crippen LogP contribution in [-0.2, 0) is 0 Å². The summed E-state index contributed by atoms with van der Waals surface area (Å²) in [4.78, 5) is 37.3. The molecule has 1 N–H and O–H groups in total. The van der Waals surface area contributed by atoms with Gasteiger partial charge in [0, 0.05) is 24.6 Å². The Hall–Kier alpha value is -3.77. The molecule has 12 heteroatoms. The molecule has 0 aliphatic rings. The van der Waals surface area contributed by atoms with Crippen LogP contribution < -0.4 is 0 Å². The number of nitrogens with zero attached hydrogens (tertiary/aromatic N) is 5. The van der Waals surface area contributed by atoms with Crippen molar-refractivity contribution < 1.29 is 9.85 Å². The minimum atomic E-state index is -0.475. The van der Waals surface area contributed by atoms with Crippen LogP contribution in [0.15, 0.2) is 73.5 Å². The first kappa shape index (κ1) is 22.4. The predicted octanol–water partition coefficient (Wildman–Crippen LogP) is 6.41. The predicted molar refractivity (Wildman–Crippen MR) is 132 cm³/mol. The fourth-order valence-corrected chi connectivity index (χ4v) is 3.69. The van der Waals surface area contributed by atoms with E-state index in [-0.39, 0.29) is 11.4 Å². The lowest BCUT2D eigenvalue weighted by molar-refractivity contribution is -0.385. The molecule has 1 heterocycles. The number of benzene rings is 3. The van der Waals surface area contributed by atoms with Crippen LogP contribution >= 0.6 is 31.9 Å². The van der Waals surface area contributed by atoms with Crippen LogP contribution in [0.2, 0.25) is 0 Å². The van der Waals surface area contributed by atoms with E-state index in [1.807, 2.05) is 0 Å². The molecule has 0 fully saturated rings. The standard InChI is InChI=1S/C21H12Br2N6O4/c22-15-4-1-12(7-19(15)28(30)31)10-24-14-3-6-17-18(9-14)27-21(26-17)25-11-13-2-5-16(23)20(8-13)29(32)33/h1-11H,(H,26,27)/b24-10?,25-11+. The molecule has 164 valence electrons. The van der Waals surface area contributed by atoms with E-state index in [0.29, 0.717) is 42.7 Å². The van der Waals surface area contributed by atoms with Gasteiger partial charge in [0.15, 0.2) is 0 Å². The summed E-state index contributed by atoms with van der Waals surface area (Å²) >= 11 is 6.31. The quantitative estimate of drug-likeness (QED) is 0.162. The van der Waals surface area contributed by atoms with Crippen LogP contribution in [0.5, 0.6) is 0 Å². The van der Waals surface area contributed by atoms with E-state index in [1.165, 1.54) is 24.6 Å². The molecule has 0 unspecified atom stereocenters. The molecule has 0 radical (unpaired) electrons. The van der Waals surface area contributed by atoms with Crippen LogP contribution in [0.3, 0.4) is 0 Å². The van der Waals surface area contributed by atoms with Crippen LogP contribution in [0, 0.1) is 20.2 Å². The van der Waals surface area contributed by atoms with Gasteiger partial charge in [0.05, 0.1) is 35.5 Å². The first-order valence-electron chi connectivity index (χ1n) is 9.26. The van der Waals surface area contributed by atoms with Crippen LogP contribution in [0.25, 0.3) is 11.0 Å². The average molecular weight is 572 g/mol. The highest BCUT2D eigenvalue weighted by atomic mass is 79.9. The van der Waals surface area contributed by atoms with Crippen molar-refractivity contribution in [1.29, 1.82) is 0 Å². The maximum Gasteiger partial charge on any atom is 0.284 e. The molecule has 0 bridgehead atoms. The van der Waals surface area contributed by atoms with Crippen molar-refractivity contribution in [2.75, 3.05) is 0 Å². The van der Waals surface area contributed by atoms with Crippen molar-refractivity contribution in [2.45, 2.75) is 0 Å². The van der Waals surface area contributed by atoms with E-state index in [0.717, 1.165) is 0 Å². The van der Waals surface area contributed by atoms with Crippen molar-refractivity contribution in [3.05, 3.63) is 94.9 Å². The second-order valence-corrected chi connectivity index (χ2v) is 8.42. The maximum atomic E-state index is 11.1. The number of aliphatic imine (C=N–C) groups is 2. The lowest BCUT2D eigenvalue weighted by Gasteiger charge is -1.98. The van der Waals surface area contributed by atoms with Crippen molar-refractivity contribution in [1.82, 2.24) is 9.97 Å². The third-order valence-corrected chi connectivity index (χ3v) is 5.83. The Labute approximate surface area is 202 Å². The monoisotopic (exact) mass is 570 g/mol. The summed E-state index contributed by atoms with van der Waals surface area (Å²) < 4.78 is 0.786. The van der Waals surface area contributed by atoms with Crippen molar-refractivity contribution in [2.24, 2.45) is 9.98 Å². The van der Waals surface area contributed by atoms with E-state index in [1.54, 1.807) is 42.5 Å². The minimum Gasteiger partial charge on any atom is -0.322 e. The van der Waals surface area contributed by atoms with E-state index >= 15 is 0 Å². The molecule has 0 amide bonds. The van der Waals surface area contributed by atoms with E-state index in [4.69, 9.17) is 0 Å². The zero-order valence-electron chi connectivity index (χ0n) is 16.5. The molecule has 1 aromatic heterocycles. The third-order valence-electron chi connectivity index (χ3n) is 4.49. The summed E-state index contributed by atoms with van der Waals surface area (Å²) in [6.45, 7) is 0. The van der Waals surface area contributed by atoms with Gasteiger partial charge in [0.2, 0.25) is 5.95 Å². The molecule has 0 aliphatic carbocycles. The van der Waals surface area contributed by atoms with Gasteiger partial charge in [-0.2, -0.15) is 0 Å². The molecule has 0 saturated heterocycles. The third kappa shape index (κ3) is 5.18. The van der Waals surface area contributed by atoms with Crippen molar-refractivity contribution in [3.63, 3.8) is 0 Å². The Morgan fingerprint density at radius 2 is 1.39 bits per heavy atom. The second kappa shape index (κ2) is 9.38. The summed E-state index contributed by atoms with van der Waals surface area (Å²) in [5.74, 6) is 0.334. The zero-order valence-corrected chi connectivity index (χ0v) is 19.6. The summed E-state index contributed by atoms with van der Waals surface area (Å²) in [5.41, 5.74) is 3.03. The number of aromatic amines is 1. The number of nitro benzene ring substituents is 2. The first-order valence-corrected chi connectivity index (χ1v) is 10.8. The summed E-state index contributed by atoms with van der Waals surface area (Å²) in [5, 5.41) is 22.2. The van der Waals surface area contributed by atoms with Gasteiger partial charge in [-0.15, -0.1) is 0 Å². The SMILES string of the molecule is O=[N+]([O-])c1cc(C=Nc2ccc3nc(/N=C/c4ccc(Br)c([N+](=O)[O-])c4)[nH]c3c2)ccc1Br. The fraction of sp³-hybridized carbons (Fsp3) is 0. The van der Waals surface area contributed by atoms with Gasteiger partial charge in [0.1, 0.15) is 0 Å². The molecule has 0 spiro atoms. The van der Waals surface area contributed by atoms with Gasteiger partial charge in [-0.05, 0) is 73.3 Å². The van der Waals surface area contributed by atoms with Crippen molar-refractivity contribution >= 4 is 78.3 Å². The van der Waals surface area contributed by atoms with Crippen molar-refractivity contribution in [3.8, 4) is 0 Å². The average Bonchev–Trinajstić information content (AvgIpc) is 3.19. The molecule has 0 aliphatic heterocycles. The number of aromatic nitrogens is 2. The molecular weight excluding hydrogens is 560 g/mol. The number of nitrogens with one attached hydrogen (secondary N) is 1. The smallest absolute Gasteiger partial charge is 0.284 e. The van der Waals surface area contributed by atoms with E-state index in [2.05, 4.69) is 51.8 Å². The Kier molecular flexibility index (Phi) is 6.38. The van der Waals surface area contributed by atoms with Gasteiger partial charge >= 0.3 is 0 Å². The Morgan fingerprint density at radius 3 is 1.97 bits per heavy atom. The number of nitro groups is 2. The number of fused-ring (bicyclic) bond motifs is 1. The lowest BCUT2D eigenvalue weighted by Crippen LogP contribution is -1.91. The lowest BCUT2D eigenvalue weighted by atomic mass is 10.2. The highest BCUT2D eigenvalue weighted by molar-refractivity contribution is 9.11. The molecule has 4 rings (SSSR count). The normalized spacial score (nSPS) is 11.6. The van der Waals surface area contributed by atoms with E-state index < -0.39 is 9.85 Å². The second-order valence-electron chi connectivity index (χ2n) is 6.71. The summed E-state index contributed by atoms with van der Waals surface area (Å²) in [7, 11) is 0. The van der Waals surface area contributed by atoms with Gasteiger partial charge in [-0.1, -0.05) is 12.1 Å². The number of H-pyrrole nitrogens is 1. The maximum absolute atomic E-state index is 11.1. The Balaban J connectivity index is 1.56. The Bertz CT molecular complexity index is 1390. The Morgan fingerprint density at radius 1 is 0.818 bits per heavy atom. The highest BCUT2D eigenvalue weighted by Crippen LogP contribution is 2.27. The molecule has 0 atom stereocenters. The van der Waals surface area contributed by atoms with E-state index in [9.17, 15) is 20.2 Å². The van der Waals surface area contributed by atoms with Crippen LogP contribution in [-0.4, -0.2) is 32.2 Å². The molecule has 0 saturated carbocycles. The number of rotatable bonds is 6. The largest absolute Gasteiger partial charge is 0.322 e. The first-order chi connectivity index (χ1) is 15.8. The number of imidazole rings is 1. The topological polar surface area (TPSA) is 140 Å². The molecule has 10 nitrogen and oxygen atoms in total. The van der Waals surface area contributed by atoms with Crippen LogP contribution in [0.1, 0.15) is 11.1 Å². The fourth-order valence-electron chi connectivity index (χ4n) is 2.91. The van der Waals surface area contributed by atoms with Gasteiger partial charge < -0.3 is 4.98 Å². The van der Waals surface area contributed by atoms with Gasteiger partial charge in [-0.25, -0.2) is 9.98 Å². The molecule has 33 heavy (non-hydrogen) atoms. The minimum absolute atomic E-state index is 0.0402. The highest BCUT2D eigenvalue weighted by Gasteiger charge is 2.12. The van der Waals surface area contributed by atoms with Gasteiger partial charge in [-0.3, -0.25) is 25.2 Å². The van der Waals surface area contributed by atoms with Crippen LogP contribution in [0.4, 0.5) is 23.0 Å². The molecular formula is C21H12Br2N6O4. The molecule has 4 aromatic rings. The summed E-state index contributed by atoms with van der Waals surface area (Å²) in [6, 6.07) is 14.7. The number of hydrogen-bond donors (Lipinski definition) is 1. The summed E-state index contributed by atoms with van der Waals surface area (Å²) in [6.07, 6.45) is 3.02. The number of halogens is 2. The van der Waals surface area contributed by atoms with Gasteiger partial charge in [0.25, 0.3) is 11.4 Å². The zero-order chi connectivity index (χ0) is 23.5.